The molecule has 1 amide bonds. The summed E-state index contributed by atoms with van der Waals surface area (Å²) in [6, 6.07) is 2.60. The van der Waals surface area contributed by atoms with Crippen LogP contribution in [0.5, 0.6) is 0 Å². The van der Waals surface area contributed by atoms with Crippen LogP contribution >= 0.6 is 0 Å². The van der Waals surface area contributed by atoms with E-state index >= 15 is 0 Å². The molecule has 1 unspecified atom stereocenters. The van der Waals surface area contributed by atoms with Crippen LogP contribution < -0.4 is 0 Å². The fourth-order valence-corrected chi connectivity index (χ4v) is 1.00. The molecule has 0 saturated heterocycles. The van der Waals surface area contributed by atoms with Gasteiger partial charge in [-0.2, -0.15) is 5.26 Å². The van der Waals surface area contributed by atoms with Crippen molar-refractivity contribution in [2.45, 2.75) is 13.0 Å². The third kappa shape index (κ3) is 2.29. The van der Waals surface area contributed by atoms with Crippen LogP contribution in [-0.2, 0) is 0 Å². The van der Waals surface area contributed by atoms with E-state index in [4.69, 9.17) is 5.26 Å². The molecule has 1 aromatic heterocycles. The number of rotatable bonds is 2. The molecule has 0 aliphatic heterocycles. The topological polar surface area (TPSA) is 57.0 Å². The number of carbonyl (C=O) groups excluding carboxylic acids is 1. The molecule has 1 heterocycles. The van der Waals surface area contributed by atoms with E-state index in [1.54, 1.807) is 6.92 Å². The van der Waals surface area contributed by atoms with Crippen molar-refractivity contribution in [3.05, 3.63) is 29.8 Å². The Morgan fingerprint density at radius 3 is 2.93 bits per heavy atom. The number of aromatic nitrogens is 1. The standard InChI is InChI=1S/C10H10FN3O/c1-7(5-12)14(2)10(15)8-3-4-13-6-9(8)11/h3-4,6-7H,1-2H3. The van der Waals surface area contributed by atoms with E-state index in [0.717, 1.165) is 6.20 Å². The molecule has 0 bridgehead atoms. The number of nitrogens with zero attached hydrogens (tertiary/aromatic N) is 3. The van der Waals surface area contributed by atoms with Gasteiger partial charge in [0.25, 0.3) is 5.91 Å². The Morgan fingerprint density at radius 2 is 2.40 bits per heavy atom. The molecule has 0 radical (unpaired) electrons. The van der Waals surface area contributed by atoms with Gasteiger partial charge in [-0.15, -0.1) is 0 Å². The summed E-state index contributed by atoms with van der Waals surface area (Å²) in [6.07, 6.45) is 2.30. The maximum atomic E-state index is 13.2. The zero-order chi connectivity index (χ0) is 11.4. The van der Waals surface area contributed by atoms with Gasteiger partial charge in [-0.3, -0.25) is 9.78 Å². The first-order valence-corrected chi connectivity index (χ1v) is 4.34. The minimum absolute atomic E-state index is 0.0744. The van der Waals surface area contributed by atoms with Gasteiger partial charge in [-0.05, 0) is 13.0 Å². The van der Waals surface area contributed by atoms with Gasteiger partial charge in [0.2, 0.25) is 0 Å². The Hall–Kier alpha value is -1.96. The van der Waals surface area contributed by atoms with Crippen molar-refractivity contribution >= 4 is 5.91 Å². The summed E-state index contributed by atoms with van der Waals surface area (Å²) in [4.78, 5) is 16.4. The monoisotopic (exact) mass is 207 g/mol. The zero-order valence-corrected chi connectivity index (χ0v) is 8.44. The van der Waals surface area contributed by atoms with Crippen molar-refractivity contribution < 1.29 is 9.18 Å². The van der Waals surface area contributed by atoms with E-state index in [-0.39, 0.29) is 5.56 Å². The molecule has 1 rings (SSSR count). The van der Waals surface area contributed by atoms with Gasteiger partial charge in [0.15, 0.2) is 5.82 Å². The molecule has 0 spiro atoms. The fourth-order valence-electron chi connectivity index (χ4n) is 1.00. The molecule has 0 fully saturated rings. The van der Waals surface area contributed by atoms with Crippen molar-refractivity contribution in [3.63, 3.8) is 0 Å². The number of pyridine rings is 1. The van der Waals surface area contributed by atoms with Gasteiger partial charge in [0.1, 0.15) is 6.04 Å². The zero-order valence-electron chi connectivity index (χ0n) is 8.44. The van der Waals surface area contributed by atoms with E-state index in [0.29, 0.717) is 0 Å². The summed E-state index contributed by atoms with van der Waals surface area (Å²) >= 11 is 0. The summed E-state index contributed by atoms with van der Waals surface area (Å²) in [6.45, 7) is 1.57. The smallest absolute Gasteiger partial charge is 0.257 e. The molecule has 1 atom stereocenters. The van der Waals surface area contributed by atoms with E-state index in [1.807, 2.05) is 6.07 Å². The van der Waals surface area contributed by atoms with Gasteiger partial charge in [0.05, 0.1) is 17.8 Å². The second kappa shape index (κ2) is 4.51. The summed E-state index contributed by atoms with van der Waals surface area (Å²) in [7, 11) is 1.45. The highest BCUT2D eigenvalue weighted by Crippen LogP contribution is 2.09. The molecule has 78 valence electrons. The minimum atomic E-state index is -0.681. The van der Waals surface area contributed by atoms with Gasteiger partial charge < -0.3 is 4.90 Å². The van der Waals surface area contributed by atoms with Crippen molar-refractivity contribution in [2.75, 3.05) is 7.05 Å². The van der Waals surface area contributed by atoms with E-state index in [2.05, 4.69) is 4.98 Å². The fraction of sp³-hybridized carbons (Fsp3) is 0.300. The number of amides is 1. The summed E-state index contributed by atoms with van der Waals surface area (Å²) < 4.78 is 13.2. The molecule has 5 heteroatoms. The SMILES string of the molecule is CC(C#N)N(C)C(=O)c1ccncc1F. The first-order valence-electron chi connectivity index (χ1n) is 4.34. The molecule has 4 nitrogen and oxygen atoms in total. The Labute approximate surface area is 87.0 Å². The quantitative estimate of drug-likeness (QED) is 0.732. The van der Waals surface area contributed by atoms with Gasteiger partial charge in [0, 0.05) is 13.2 Å². The summed E-state index contributed by atoms with van der Waals surface area (Å²) in [5.74, 6) is -1.21. The number of hydrogen-bond acceptors (Lipinski definition) is 3. The number of hydrogen-bond donors (Lipinski definition) is 0. The normalized spacial score (nSPS) is 11.6. The summed E-state index contributed by atoms with van der Waals surface area (Å²) in [5, 5.41) is 8.62. The second-order valence-corrected chi connectivity index (χ2v) is 3.08. The van der Waals surface area contributed by atoms with Crippen LogP contribution in [0.25, 0.3) is 0 Å². The molecular formula is C10H10FN3O. The largest absolute Gasteiger partial charge is 0.326 e. The summed E-state index contributed by atoms with van der Waals surface area (Å²) in [5.41, 5.74) is -0.0744. The van der Waals surface area contributed by atoms with Crippen LogP contribution in [0.3, 0.4) is 0 Å². The Bertz CT molecular complexity index is 413. The van der Waals surface area contributed by atoms with E-state index in [9.17, 15) is 9.18 Å². The molecular weight excluding hydrogens is 197 g/mol. The first-order chi connectivity index (χ1) is 7.07. The molecule has 15 heavy (non-hydrogen) atoms. The lowest BCUT2D eigenvalue weighted by Crippen LogP contribution is -2.34. The first kappa shape index (κ1) is 11.1. The van der Waals surface area contributed by atoms with Crippen LogP contribution in [0.15, 0.2) is 18.5 Å². The van der Waals surface area contributed by atoms with Crippen molar-refractivity contribution in [1.82, 2.24) is 9.88 Å². The van der Waals surface area contributed by atoms with Crippen LogP contribution in [0, 0.1) is 17.1 Å². The number of carbonyl (C=O) groups is 1. The van der Waals surface area contributed by atoms with E-state index in [1.165, 1.54) is 24.2 Å². The predicted molar refractivity (Wildman–Crippen MR) is 51.4 cm³/mol. The van der Waals surface area contributed by atoms with Crippen LogP contribution in [0.4, 0.5) is 4.39 Å². The lowest BCUT2D eigenvalue weighted by molar-refractivity contribution is 0.0768. The highest BCUT2D eigenvalue weighted by molar-refractivity contribution is 5.94. The van der Waals surface area contributed by atoms with Crippen molar-refractivity contribution in [3.8, 4) is 6.07 Å². The molecule has 0 aromatic carbocycles. The average molecular weight is 207 g/mol. The molecule has 0 aliphatic carbocycles. The lowest BCUT2D eigenvalue weighted by Gasteiger charge is -2.19. The van der Waals surface area contributed by atoms with Gasteiger partial charge in [-0.1, -0.05) is 0 Å². The average Bonchev–Trinajstić information content (AvgIpc) is 2.26. The lowest BCUT2D eigenvalue weighted by atomic mass is 10.2. The van der Waals surface area contributed by atoms with Crippen molar-refractivity contribution in [1.29, 1.82) is 5.26 Å². The number of halogens is 1. The molecule has 0 saturated carbocycles. The molecule has 0 aliphatic rings. The highest BCUT2D eigenvalue weighted by Gasteiger charge is 2.19. The molecule has 1 aromatic rings. The Kier molecular flexibility index (Phi) is 3.34. The van der Waals surface area contributed by atoms with Gasteiger partial charge >= 0.3 is 0 Å². The van der Waals surface area contributed by atoms with E-state index < -0.39 is 17.8 Å². The third-order valence-electron chi connectivity index (χ3n) is 2.09. The van der Waals surface area contributed by atoms with Crippen molar-refractivity contribution in [2.24, 2.45) is 0 Å². The Balaban J connectivity index is 2.96. The third-order valence-corrected chi connectivity index (χ3v) is 2.09. The minimum Gasteiger partial charge on any atom is -0.326 e. The molecule has 0 N–H and O–H groups in total. The Morgan fingerprint density at radius 1 is 1.73 bits per heavy atom. The van der Waals surface area contributed by atoms with Gasteiger partial charge in [-0.25, -0.2) is 4.39 Å². The predicted octanol–water partition coefficient (Wildman–Crippen LogP) is 1.20. The maximum absolute atomic E-state index is 13.2. The number of nitriles is 1. The van der Waals surface area contributed by atoms with Crippen LogP contribution in [0.2, 0.25) is 0 Å². The highest BCUT2D eigenvalue weighted by atomic mass is 19.1. The van der Waals surface area contributed by atoms with Crippen LogP contribution in [0.1, 0.15) is 17.3 Å². The second-order valence-electron chi connectivity index (χ2n) is 3.08. The maximum Gasteiger partial charge on any atom is 0.257 e. The van der Waals surface area contributed by atoms with Crippen LogP contribution in [-0.4, -0.2) is 28.9 Å².